The molecule has 1 aromatic rings. The summed E-state index contributed by atoms with van der Waals surface area (Å²) < 4.78 is 16.5. The number of benzene rings is 1. The second-order valence-electron chi connectivity index (χ2n) is 8.63. The third-order valence-corrected chi connectivity index (χ3v) is 5.07. The zero-order chi connectivity index (χ0) is 17.8. The monoisotopic (exact) mass is 397 g/mol. The number of rotatable bonds is 6. The van der Waals surface area contributed by atoms with Gasteiger partial charge in [0.2, 0.25) is 0 Å². The quantitative estimate of drug-likeness (QED) is 0.500. The molecule has 1 rings (SSSR count). The van der Waals surface area contributed by atoms with Crippen LogP contribution in [-0.2, 0) is 37.4 Å². The van der Waals surface area contributed by atoms with Gasteiger partial charge in [-0.2, -0.15) is 0 Å². The third kappa shape index (κ3) is 7.22. The van der Waals surface area contributed by atoms with E-state index in [1.54, 1.807) is 6.07 Å². The molecule has 3 atom stereocenters. The van der Waals surface area contributed by atoms with Gasteiger partial charge in [-0.25, -0.2) is 0 Å². The van der Waals surface area contributed by atoms with Gasteiger partial charge in [-0.05, 0) is 44.9 Å². The molecule has 3 nitrogen and oxygen atoms in total. The standard InChI is InChI=1S/C19H31O3P.Ni/c1-13(18(2,3)4)10-15(22-23-21)11-14-8-9-17(20)16(12-14)19(5,6)7;/h8-9,12-13,15,23H,10-11H2,1-7H3;/p+1. The summed E-state index contributed by atoms with van der Waals surface area (Å²) >= 11 is 0. The van der Waals surface area contributed by atoms with E-state index in [2.05, 4.69) is 48.5 Å². The minimum absolute atomic E-state index is 0. The number of phenols is 1. The summed E-state index contributed by atoms with van der Waals surface area (Å²) in [6.45, 7) is 15.1. The van der Waals surface area contributed by atoms with Crippen molar-refractivity contribution in [3.05, 3.63) is 29.3 Å². The fraction of sp³-hybridized carbons (Fsp3) is 0.684. The van der Waals surface area contributed by atoms with Crippen molar-refractivity contribution in [3.63, 3.8) is 0 Å². The van der Waals surface area contributed by atoms with Crippen LogP contribution in [0.4, 0.5) is 0 Å². The predicted molar refractivity (Wildman–Crippen MR) is 97.6 cm³/mol. The molecule has 3 unspecified atom stereocenters. The van der Waals surface area contributed by atoms with Crippen LogP contribution in [0.3, 0.4) is 0 Å². The zero-order valence-electron chi connectivity index (χ0n) is 15.9. The molecular weight excluding hydrogens is 366 g/mol. The van der Waals surface area contributed by atoms with Gasteiger partial charge in [-0.3, -0.25) is 0 Å². The van der Waals surface area contributed by atoms with E-state index in [0.29, 0.717) is 18.1 Å². The largest absolute Gasteiger partial charge is 0.508 e. The Morgan fingerprint density at radius 2 is 1.75 bits per heavy atom. The van der Waals surface area contributed by atoms with Gasteiger partial charge in [0.15, 0.2) is 0 Å². The Bertz CT molecular complexity index is 532. The molecule has 0 fully saturated rings. The van der Waals surface area contributed by atoms with E-state index in [1.807, 2.05) is 12.1 Å². The maximum Gasteiger partial charge on any atom is 0.494 e. The van der Waals surface area contributed by atoms with Crippen molar-refractivity contribution >= 4 is 8.69 Å². The first kappa shape index (κ1) is 23.6. The van der Waals surface area contributed by atoms with Crippen LogP contribution in [-0.4, -0.2) is 11.2 Å². The van der Waals surface area contributed by atoms with Crippen molar-refractivity contribution in [2.45, 2.75) is 72.8 Å². The van der Waals surface area contributed by atoms with Crippen molar-refractivity contribution in [1.29, 1.82) is 0 Å². The van der Waals surface area contributed by atoms with E-state index in [-0.39, 0.29) is 33.4 Å². The minimum atomic E-state index is -0.743. The van der Waals surface area contributed by atoms with E-state index < -0.39 is 8.69 Å². The number of phenolic OH excluding ortho intramolecular Hbond substituents is 1. The molecule has 0 amide bonds. The normalized spacial score (nSPS) is 15.0. The molecule has 0 saturated carbocycles. The summed E-state index contributed by atoms with van der Waals surface area (Å²) in [7, 11) is -0.743. The summed E-state index contributed by atoms with van der Waals surface area (Å²) in [6.07, 6.45) is 1.50. The van der Waals surface area contributed by atoms with Crippen LogP contribution in [0.15, 0.2) is 18.2 Å². The topological polar surface area (TPSA) is 46.5 Å². The minimum Gasteiger partial charge on any atom is -0.508 e. The maximum atomic E-state index is 11.0. The molecule has 0 heterocycles. The van der Waals surface area contributed by atoms with Crippen molar-refractivity contribution in [2.75, 3.05) is 0 Å². The first-order valence-electron chi connectivity index (χ1n) is 8.30. The fourth-order valence-corrected chi connectivity index (χ4v) is 2.88. The fourth-order valence-electron chi connectivity index (χ4n) is 2.56. The number of hydrogen-bond donors (Lipinski definition) is 1. The Morgan fingerprint density at radius 3 is 2.21 bits per heavy atom. The van der Waals surface area contributed by atoms with Gasteiger partial charge in [-0.15, -0.1) is 4.52 Å². The molecule has 0 saturated heterocycles. The Labute approximate surface area is 158 Å². The molecule has 0 aliphatic heterocycles. The summed E-state index contributed by atoms with van der Waals surface area (Å²) in [5, 5.41) is 10.1. The molecule has 24 heavy (non-hydrogen) atoms. The van der Waals surface area contributed by atoms with Gasteiger partial charge in [0, 0.05) is 22.9 Å². The van der Waals surface area contributed by atoms with E-state index in [4.69, 9.17) is 4.52 Å². The Morgan fingerprint density at radius 1 is 1.17 bits per heavy atom. The van der Waals surface area contributed by atoms with Crippen LogP contribution in [0, 0.1) is 11.3 Å². The Kier molecular flexibility index (Phi) is 9.16. The first-order valence-corrected chi connectivity index (χ1v) is 9.12. The smallest absolute Gasteiger partial charge is 0.494 e. The molecule has 5 heteroatoms. The summed E-state index contributed by atoms with van der Waals surface area (Å²) in [5.41, 5.74) is 2.12. The van der Waals surface area contributed by atoms with Gasteiger partial charge in [0.25, 0.3) is 0 Å². The molecule has 0 aliphatic carbocycles. The van der Waals surface area contributed by atoms with Gasteiger partial charge in [-0.1, -0.05) is 60.6 Å². The van der Waals surface area contributed by atoms with Crippen LogP contribution in [0.2, 0.25) is 0 Å². The summed E-state index contributed by atoms with van der Waals surface area (Å²) in [6, 6.07) is 5.72. The van der Waals surface area contributed by atoms with E-state index in [1.165, 1.54) is 0 Å². The van der Waals surface area contributed by atoms with E-state index in [0.717, 1.165) is 17.5 Å². The Hall–Kier alpha value is -0.426. The second kappa shape index (κ2) is 9.32. The molecule has 0 aliphatic rings. The number of aromatic hydroxyl groups is 1. The van der Waals surface area contributed by atoms with Crippen LogP contribution in [0.1, 0.15) is 66.0 Å². The average Bonchev–Trinajstić information content (AvgIpc) is 2.38. The van der Waals surface area contributed by atoms with Crippen LogP contribution in [0.25, 0.3) is 0 Å². The van der Waals surface area contributed by atoms with Crippen molar-refractivity contribution in [3.8, 4) is 5.75 Å². The molecule has 0 bridgehead atoms. The summed E-state index contributed by atoms with van der Waals surface area (Å²) in [5.74, 6) is 0.788. The van der Waals surface area contributed by atoms with Crippen molar-refractivity contribution in [2.24, 2.45) is 11.3 Å². The summed E-state index contributed by atoms with van der Waals surface area (Å²) in [4.78, 5) is 0. The van der Waals surface area contributed by atoms with Gasteiger partial charge in [0.1, 0.15) is 11.9 Å². The molecule has 1 aromatic carbocycles. The molecule has 0 radical (unpaired) electrons. The van der Waals surface area contributed by atoms with Crippen LogP contribution < -0.4 is 0 Å². The first-order chi connectivity index (χ1) is 10.4. The van der Waals surface area contributed by atoms with Crippen LogP contribution in [0.5, 0.6) is 5.75 Å². The Balaban J connectivity index is 0.00000529. The van der Waals surface area contributed by atoms with Gasteiger partial charge >= 0.3 is 8.69 Å². The molecule has 0 aromatic heterocycles. The molecule has 1 N–H and O–H groups in total. The van der Waals surface area contributed by atoms with Crippen molar-refractivity contribution in [1.82, 2.24) is 0 Å². The van der Waals surface area contributed by atoms with Gasteiger partial charge in [0.05, 0.1) is 0 Å². The van der Waals surface area contributed by atoms with Gasteiger partial charge < -0.3 is 5.11 Å². The van der Waals surface area contributed by atoms with E-state index >= 15 is 0 Å². The molecule has 0 spiro atoms. The molecule has 140 valence electrons. The number of hydrogen-bond acceptors (Lipinski definition) is 3. The van der Waals surface area contributed by atoms with Crippen molar-refractivity contribution < 1.29 is 30.7 Å². The third-order valence-electron chi connectivity index (χ3n) is 4.64. The zero-order valence-corrected chi connectivity index (χ0v) is 17.9. The maximum absolute atomic E-state index is 11.0. The SMILES string of the molecule is CC(CC(Cc1ccc(O)c(C(C)(C)C)c1)O[PH+]=O)C(C)(C)C.[Ni]. The van der Waals surface area contributed by atoms with Crippen LogP contribution >= 0.6 is 8.69 Å². The predicted octanol–water partition coefficient (Wildman–Crippen LogP) is 5.63. The molecular formula is C19H32NiO3P+. The van der Waals surface area contributed by atoms with E-state index in [9.17, 15) is 9.67 Å². The average molecular weight is 398 g/mol. The second-order valence-corrected chi connectivity index (χ2v) is 9.03.